The summed E-state index contributed by atoms with van der Waals surface area (Å²) in [4.78, 5) is 29.1. The van der Waals surface area contributed by atoms with Crippen molar-refractivity contribution in [3.05, 3.63) is 34.7 Å². The highest BCUT2D eigenvalue weighted by Crippen LogP contribution is 2.26. The summed E-state index contributed by atoms with van der Waals surface area (Å²) in [6.45, 7) is 5.64. The Balaban J connectivity index is 1.85. The molecular weight excluding hydrogens is 374 g/mol. The molecule has 0 amide bonds. The van der Waals surface area contributed by atoms with Crippen molar-refractivity contribution in [2.24, 2.45) is 7.05 Å². The Hall–Kier alpha value is -2.83. The maximum Gasteiger partial charge on any atom is 0.280 e. The van der Waals surface area contributed by atoms with Crippen LogP contribution in [0.15, 0.2) is 39.4 Å². The summed E-state index contributed by atoms with van der Waals surface area (Å²) in [6, 6.07) is 5.66. The number of fused-ring (bicyclic) bond motifs is 1. The molecular formula is C19H21N7OS. The molecule has 1 saturated heterocycles. The summed E-state index contributed by atoms with van der Waals surface area (Å²) in [5.74, 6) is 6.72. The molecule has 0 aliphatic carbocycles. The second kappa shape index (κ2) is 8.04. The zero-order chi connectivity index (χ0) is 19.5. The summed E-state index contributed by atoms with van der Waals surface area (Å²) in [7, 11) is 1.73. The van der Waals surface area contributed by atoms with Gasteiger partial charge in [-0.05, 0) is 30.8 Å². The van der Waals surface area contributed by atoms with E-state index in [-0.39, 0.29) is 5.56 Å². The third kappa shape index (κ3) is 3.48. The maximum absolute atomic E-state index is 13.2. The number of imidazole rings is 1. The van der Waals surface area contributed by atoms with Gasteiger partial charge in [-0.1, -0.05) is 12.0 Å². The van der Waals surface area contributed by atoms with Crippen LogP contribution in [0.25, 0.3) is 11.2 Å². The first-order chi connectivity index (χ1) is 13.7. The standard InChI is InChI=1S/C19H21N7OS/c1-3-4-11-26-15-16(22-18(26)25-12-9-20-10-13-25)23-19(24(2)17(15)27)28-14-7-5-6-8-21-14/h5-8,20H,9-13H2,1-2H3. The summed E-state index contributed by atoms with van der Waals surface area (Å²) < 4.78 is 3.45. The number of piperazine rings is 1. The van der Waals surface area contributed by atoms with E-state index in [0.29, 0.717) is 22.9 Å². The van der Waals surface area contributed by atoms with Crippen molar-refractivity contribution < 1.29 is 0 Å². The molecule has 8 nitrogen and oxygen atoms in total. The van der Waals surface area contributed by atoms with E-state index in [4.69, 9.17) is 4.98 Å². The Bertz CT molecular complexity index is 1100. The van der Waals surface area contributed by atoms with E-state index in [2.05, 4.69) is 32.0 Å². The van der Waals surface area contributed by atoms with Crippen molar-refractivity contribution in [3.8, 4) is 11.8 Å². The van der Waals surface area contributed by atoms with E-state index < -0.39 is 0 Å². The molecule has 1 aliphatic heterocycles. The molecule has 0 saturated carbocycles. The highest BCUT2D eigenvalue weighted by molar-refractivity contribution is 7.99. The Morgan fingerprint density at radius 3 is 2.79 bits per heavy atom. The van der Waals surface area contributed by atoms with Gasteiger partial charge in [0, 0.05) is 39.4 Å². The van der Waals surface area contributed by atoms with E-state index >= 15 is 0 Å². The lowest BCUT2D eigenvalue weighted by atomic mass is 10.4. The van der Waals surface area contributed by atoms with Gasteiger partial charge in [0.1, 0.15) is 5.03 Å². The second-order valence-corrected chi connectivity index (χ2v) is 7.35. The summed E-state index contributed by atoms with van der Waals surface area (Å²) in [6.07, 6.45) is 1.72. The first-order valence-electron chi connectivity index (χ1n) is 9.10. The largest absolute Gasteiger partial charge is 0.340 e. The van der Waals surface area contributed by atoms with Crippen LogP contribution >= 0.6 is 11.8 Å². The van der Waals surface area contributed by atoms with Crippen LogP contribution in [0.5, 0.6) is 0 Å². The number of anilines is 1. The fourth-order valence-corrected chi connectivity index (χ4v) is 3.93. The van der Waals surface area contributed by atoms with Gasteiger partial charge in [-0.25, -0.2) is 9.97 Å². The van der Waals surface area contributed by atoms with Crippen molar-refractivity contribution >= 4 is 28.9 Å². The smallest absolute Gasteiger partial charge is 0.280 e. The Morgan fingerprint density at radius 1 is 1.25 bits per heavy atom. The number of pyridine rings is 1. The number of hydrogen-bond donors (Lipinski definition) is 1. The number of aromatic nitrogens is 5. The van der Waals surface area contributed by atoms with Gasteiger partial charge >= 0.3 is 0 Å². The molecule has 0 unspecified atom stereocenters. The predicted molar refractivity (Wildman–Crippen MR) is 110 cm³/mol. The number of hydrogen-bond acceptors (Lipinski definition) is 7. The SMILES string of the molecule is CC#CCn1c(N2CCNCC2)nc2nc(Sc3ccccn3)n(C)c(=O)c21. The molecule has 9 heteroatoms. The Labute approximate surface area is 167 Å². The molecule has 28 heavy (non-hydrogen) atoms. The average Bonchev–Trinajstić information content (AvgIpc) is 3.10. The molecule has 0 spiro atoms. The molecule has 0 radical (unpaired) electrons. The van der Waals surface area contributed by atoms with Crippen LogP contribution in [0.2, 0.25) is 0 Å². The Kier molecular flexibility index (Phi) is 5.32. The van der Waals surface area contributed by atoms with Crippen LogP contribution in [0.4, 0.5) is 5.95 Å². The molecule has 1 fully saturated rings. The highest BCUT2D eigenvalue weighted by Gasteiger charge is 2.23. The molecule has 4 rings (SSSR count). The van der Waals surface area contributed by atoms with Crippen LogP contribution in [-0.2, 0) is 13.6 Å². The number of nitrogens with one attached hydrogen (secondary N) is 1. The van der Waals surface area contributed by atoms with Crippen molar-refractivity contribution in [1.82, 2.24) is 29.4 Å². The maximum atomic E-state index is 13.2. The molecule has 0 aromatic carbocycles. The van der Waals surface area contributed by atoms with Crippen LogP contribution in [0.1, 0.15) is 6.92 Å². The zero-order valence-corrected chi connectivity index (χ0v) is 16.7. The highest BCUT2D eigenvalue weighted by atomic mass is 32.2. The van der Waals surface area contributed by atoms with Crippen molar-refractivity contribution in [2.45, 2.75) is 23.7 Å². The van der Waals surface area contributed by atoms with Crippen molar-refractivity contribution in [3.63, 3.8) is 0 Å². The average molecular weight is 395 g/mol. The van der Waals surface area contributed by atoms with Gasteiger partial charge in [-0.15, -0.1) is 5.92 Å². The molecule has 1 N–H and O–H groups in total. The van der Waals surface area contributed by atoms with Gasteiger partial charge in [-0.2, -0.15) is 4.98 Å². The third-order valence-corrected chi connectivity index (χ3v) is 5.57. The Morgan fingerprint density at radius 2 is 2.07 bits per heavy atom. The molecule has 4 heterocycles. The van der Waals surface area contributed by atoms with Gasteiger partial charge in [-0.3, -0.25) is 13.9 Å². The monoisotopic (exact) mass is 395 g/mol. The van der Waals surface area contributed by atoms with E-state index in [9.17, 15) is 4.79 Å². The zero-order valence-electron chi connectivity index (χ0n) is 15.8. The van der Waals surface area contributed by atoms with E-state index in [0.717, 1.165) is 37.2 Å². The quantitative estimate of drug-likeness (QED) is 0.523. The first kappa shape index (κ1) is 18.5. The van der Waals surface area contributed by atoms with Crippen LogP contribution in [0.3, 0.4) is 0 Å². The van der Waals surface area contributed by atoms with Gasteiger partial charge in [0.15, 0.2) is 16.3 Å². The molecule has 144 valence electrons. The van der Waals surface area contributed by atoms with E-state index in [1.165, 1.54) is 11.8 Å². The molecule has 1 aliphatic rings. The predicted octanol–water partition coefficient (Wildman–Crippen LogP) is 1.11. The van der Waals surface area contributed by atoms with Gasteiger partial charge in [0.05, 0.1) is 6.54 Å². The minimum Gasteiger partial charge on any atom is -0.340 e. The van der Waals surface area contributed by atoms with E-state index in [1.807, 2.05) is 22.8 Å². The molecule has 0 atom stereocenters. The van der Waals surface area contributed by atoms with Gasteiger partial charge < -0.3 is 10.2 Å². The van der Waals surface area contributed by atoms with Gasteiger partial charge in [0.2, 0.25) is 5.95 Å². The van der Waals surface area contributed by atoms with Crippen molar-refractivity contribution in [1.29, 1.82) is 0 Å². The third-order valence-electron chi connectivity index (χ3n) is 4.57. The number of nitrogens with zero attached hydrogens (tertiary/aromatic N) is 6. The topological polar surface area (TPSA) is 80.9 Å². The minimum atomic E-state index is -0.129. The lowest BCUT2D eigenvalue weighted by molar-refractivity contribution is 0.573. The lowest BCUT2D eigenvalue weighted by Crippen LogP contribution is -2.44. The van der Waals surface area contributed by atoms with E-state index in [1.54, 1.807) is 24.7 Å². The fourth-order valence-electron chi connectivity index (χ4n) is 3.14. The van der Waals surface area contributed by atoms with Gasteiger partial charge in [0.25, 0.3) is 5.56 Å². The number of rotatable bonds is 4. The minimum absolute atomic E-state index is 0.129. The molecule has 3 aromatic heterocycles. The lowest BCUT2D eigenvalue weighted by Gasteiger charge is -2.28. The summed E-state index contributed by atoms with van der Waals surface area (Å²) in [5.41, 5.74) is 0.812. The normalized spacial score (nSPS) is 14.1. The van der Waals surface area contributed by atoms with Crippen LogP contribution in [0, 0.1) is 11.8 Å². The second-order valence-electron chi connectivity index (χ2n) is 6.36. The molecule has 0 bridgehead atoms. The van der Waals surface area contributed by atoms with Crippen molar-refractivity contribution in [2.75, 3.05) is 31.1 Å². The fraction of sp³-hybridized carbons (Fsp3) is 0.368. The van der Waals surface area contributed by atoms with Crippen LogP contribution < -0.4 is 15.8 Å². The summed E-state index contributed by atoms with van der Waals surface area (Å²) >= 11 is 1.35. The summed E-state index contributed by atoms with van der Waals surface area (Å²) in [5, 5.41) is 4.68. The first-order valence-corrected chi connectivity index (χ1v) is 9.92. The van der Waals surface area contributed by atoms with Crippen LogP contribution in [-0.4, -0.2) is 50.3 Å². The molecule has 3 aromatic rings.